The van der Waals surface area contributed by atoms with Crippen molar-refractivity contribution in [3.63, 3.8) is 0 Å². The van der Waals surface area contributed by atoms with Gasteiger partial charge in [0.15, 0.2) is 0 Å². The van der Waals surface area contributed by atoms with Crippen LogP contribution in [0.25, 0.3) is 0 Å². The first-order valence-electron chi connectivity index (χ1n) is 2.72. The Morgan fingerprint density at radius 1 is 1.67 bits per heavy atom. The molecule has 0 saturated carbocycles. The van der Waals surface area contributed by atoms with Crippen LogP contribution in [-0.2, 0) is 0 Å². The predicted octanol–water partition coefficient (Wildman–Crippen LogP) is 1.93. The number of thioether (sulfide) groups is 1. The maximum atomic E-state index is 5.23. The lowest BCUT2D eigenvalue weighted by molar-refractivity contribution is 0.397. The molecule has 9 heavy (non-hydrogen) atoms. The molecule has 0 aliphatic carbocycles. The van der Waals surface area contributed by atoms with Crippen LogP contribution in [0.4, 0.5) is 0 Å². The molecule has 1 aromatic rings. The van der Waals surface area contributed by atoms with Gasteiger partial charge >= 0.3 is 0 Å². The Morgan fingerprint density at radius 3 is 3.56 bits per heavy atom. The van der Waals surface area contributed by atoms with Gasteiger partial charge < -0.3 is 4.74 Å². The lowest BCUT2D eigenvalue weighted by atomic mass is 10.3. The van der Waals surface area contributed by atoms with Crippen molar-refractivity contribution in [3.8, 4) is 5.75 Å². The van der Waals surface area contributed by atoms with E-state index in [1.165, 1.54) is 4.90 Å². The largest absolute Gasteiger partial charge is 0.481 e. The number of hydrogen-bond donors (Lipinski definition) is 0. The highest BCUT2D eigenvalue weighted by molar-refractivity contribution is 7.99. The summed E-state index contributed by atoms with van der Waals surface area (Å²) in [4.78, 5) is 1.23. The van der Waals surface area contributed by atoms with Gasteiger partial charge in [-0.1, -0.05) is 17.8 Å². The van der Waals surface area contributed by atoms with Crippen molar-refractivity contribution >= 4 is 11.8 Å². The van der Waals surface area contributed by atoms with Crippen molar-refractivity contribution in [2.75, 3.05) is 5.94 Å². The number of benzene rings is 1. The van der Waals surface area contributed by atoms with Crippen molar-refractivity contribution in [3.05, 3.63) is 24.3 Å². The highest BCUT2D eigenvalue weighted by atomic mass is 32.2. The van der Waals surface area contributed by atoms with Crippen LogP contribution >= 0.6 is 11.8 Å². The minimum Gasteiger partial charge on any atom is -0.481 e. The van der Waals surface area contributed by atoms with E-state index in [0.717, 1.165) is 11.7 Å². The van der Waals surface area contributed by atoms with Gasteiger partial charge in [0.1, 0.15) is 11.7 Å². The molecule has 0 unspecified atom stereocenters. The molecule has 0 amide bonds. The summed E-state index contributed by atoms with van der Waals surface area (Å²) >= 11 is 1.73. The molecule has 1 aromatic carbocycles. The van der Waals surface area contributed by atoms with Crippen LogP contribution < -0.4 is 4.74 Å². The van der Waals surface area contributed by atoms with Crippen molar-refractivity contribution in [2.24, 2.45) is 0 Å². The van der Waals surface area contributed by atoms with Crippen LogP contribution in [0.2, 0.25) is 0 Å². The minimum atomic E-state index is 0.757. The molecule has 0 N–H and O–H groups in total. The zero-order chi connectivity index (χ0) is 6.10. The van der Waals surface area contributed by atoms with E-state index in [-0.39, 0.29) is 0 Å². The maximum Gasteiger partial charge on any atom is 0.138 e. The zero-order valence-electron chi connectivity index (χ0n) is 4.76. The van der Waals surface area contributed by atoms with Gasteiger partial charge in [0, 0.05) is 0 Å². The van der Waals surface area contributed by atoms with Crippen LogP contribution in [0.3, 0.4) is 0 Å². The molecule has 2 heteroatoms. The van der Waals surface area contributed by atoms with E-state index in [2.05, 4.69) is 6.07 Å². The van der Waals surface area contributed by atoms with Gasteiger partial charge in [-0.3, -0.25) is 0 Å². The summed E-state index contributed by atoms with van der Waals surface area (Å²) in [6.45, 7) is 0. The summed E-state index contributed by atoms with van der Waals surface area (Å²) in [5, 5.41) is 0. The van der Waals surface area contributed by atoms with Gasteiger partial charge in [-0.25, -0.2) is 0 Å². The molecule has 1 heterocycles. The quantitative estimate of drug-likeness (QED) is 0.540. The molecular weight excluding hydrogens is 132 g/mol. The van der Waals surface area contributed by atoms with Crippen LogP contribution in [-0.4, -0.2) is 5.94 Å². The second-order valence-corrected chi connectivity index (χ2v) is 2.74. The maximum absolute atomic E-state index is 5.23. The first-order valence-corrected chi connectivity index (χ1v) is 3.71. The molecule has 0 atom stereocenters. The standard InChI is InChI=1S/C7H5OS/c1-2-4-7-6(3-1)8-5-9-7/h2-4H,5H2. The number of ether oxygens (including phenoxy) is 1. The van der Waals surface area contributed by atoms with Gasteiger partial charge in [0.2, 0.25) is 0 Å². The molecular formula is C7H5OS. The molecule has 1 aliphatic rings. The Morgan fingerprint density at radius 2 is 2.67 bits per heavy atom. The molecule has 2 rings (SSSR count). The van der Waals surface area contributed by atoms with Crippen molar-refractivity contribution in [1.29, 1.82) is 0 Å². The number of hydrogen-bond acceptors (Lipinski definition) is 2. The lowest BCUT2D eigenvalue weighted by Crippen LogP contribution is -1.80. The molecule has 1 aliphatic heterocycles. The fourth-order valence-corrected chi connectivity index (χ4v) is 1.53. The molecule has 45 valence electrons. The summed E-state index contributed by atoms with van der Waals surface area (Å²) < 4.78 is 5.23. The SMILES string of the molecule is [c]1ccc2c(c1)OCS2. The van der Waals surface area contributed by atoms with E-state index >= 15 is 0 Å². The molecule has 0 spiro atoms. The van der Waals surface area contributed by atoms with E-state index in [9.17, 15) is 0 Å². The molecule has 0 fully saturated rings. The van der Waals surface area contributed by atoms with E-state index in [1.54, 1.807) is 11.8 Å². The third-order valence-electron chi connectivity index (χ3n) is 1.22. The average molecular weight is 137 g/mol. The fraction of sp³-hybridized carbons (Fsp3) is 0.143. The molecule has 0 saturated heterocycles. The second-order valence-electron chi connectivity index (χ2n) is 1.78. The van der Waals surface area contributed by atoms with Crippen LogP contribution in [0.15, 0.2) is 23.1 Å². The first kappa shape index (κ1) is 5.18. The van der Waals surface area contributed by atoms with Gasteiger partial charge in [0.25, 0.3) is 0 Å². The Labute approximate surface area is 58.0 Å². The van der Waals surface area contributed by atoms with E-state index in [1.807, 2.05) is 18.2 Å². The molecule has 1 nitrogen and oxygen atoms in total. The summed E-state index contributed by atoms with van der Waals surface area (Å²) in [6.07, 6.45) is 0. The predicted molar refractivity (Wildman–Crippen MR) is 36.6 cm³/mol. The minimum absolute atomic E-state index is 0.757. The smallest absolute Gasteiger partial charge is 0.138 e. The Bertz CT molecular complexity index is 199. The summed E-state index contributed by atoms with van der Waals surface area (Å²) in [5.74, 6) is 1.73. The van der Waals surface area contributed by atoms with E-state index in [4.69, 9.17) is 4.74 Å². The lowest BCUT2D eigenvalue weighted by Gasteiger charge is -1.91. The van der Waals surface area contributed by atoms with E-state index in [0.29, 0.717) is 0 Å². The molecule has 1 radical (unpaired) electrons. The Balaban J connectivity index is 2.54. The van der Waals surface area contributed by atoms with Gasteiger partial charge in [0.05, 0.1) is 4.90 Å². The van der Waals surface area contributed by atoms with Gasteiger partial charge in [-0.2, -0.15) is 0 Å². The third kappa shape index (κ3) is 0.793. The Hall–Kier alpha value is -0.630. The number of fused-ring (bicyclic) bond motifs is 1. The summed E-state index contributed by atoms with van der Waals surface area (Å²) in [6, 6.07) is 8.75. The number of rotatable bonds is 0. The highest BCUT2D eigenvalue weighted by Gasteiger charge is 2.09. The first-order chi connectivity index (χ1) is 4.47. The summed E-state index contributed by atoms with van der Waals surface area (Å²) in [7, 11) is 0. The van der Waals surface area contributed by atoms with Crippen molar-refractivity contribution in [2.45, 2.75) is 4.90 Å². The third-order valence-corrected chi connectivity index (χ3v) is 2.10. The van der Waals surface area contributed by atoms with Crippen LogP contribution in [0.1, 0.15) is 0 Å². The second kappa shape index (κ2) is 1.95. The fourth-order valence-electron chi connectivity index (χ4n) is 0.789. The van der Waals surface area contributed by atoms with Crippen LogP contribution in [0.5, 0.6) is 5.75 Å². The van der Waals surface area contributed by atoms with Crippen molar-refractivity contribution in [1.82, 2.24) is 0 Å². The van der Waals surface area contributed by atoms with Crippen molar-refractivity contribution < 1.29 is 4.74 Å². The monoisotopic (exact) mass is 137 g/mol. The van der Waals surface area contributed by atoms with E-state index < -0.39 is 0 Å². The molecule has 0 bridgehead atoms. The van der Waals surface area contributed by atoms with Gasteiger partial charge in [-0.05, 0) is 18.2 Å². The van der Waals surface area contributed by atoms with Gasteiger partial charge in [-0.15, -0.1) is 0 Å². The average Bonchev–Trinajstić information content (AvgIpc) is 2.33. The zero-order valence-corrected chi connectivity index (χ0v) is 5.57. The summed E-state index contributed by atoms with van der Waals surface area (Å²) in [5.41, 5.74) is 0. The van der Waals surface area contributed by atoms with Crippen LogP contribution in [0, 0.1) is 6.07 Å². The normalized spacial score (nSPS) is 14.7. The Kier molecular flexibility index (Phi) is 1.12. The molecule has 0 aromatic heterocycles. The topological polar surface area (TPSA) is 9.23 Å². The highest BCUT2D eigenvalue weighted by Crippen LogP contribution is 2.34.